The summed E-state index contributed by atoms with van der Waals surface area (Å²) in [5.41, 5.74) is 0.596. The first-order valence-electron chi connectivity index (χ1n) is 7.64. The molecular formula is C16H18ClN3O4S. The second-order valence-corrected chi connectivity index (χ2v) is 7.90. The average molecular weight is 384 g/mol. The first-order valence-corrected chi connectivity index (χ1v) is 9.50. The highest BCUT2D eigenvalue weighted by Gasteiger charge is 2.26. The Morgan fingerprint density at radius 3 is 2.72 bits per heavy atom. The lowest BCUT2D eigenvalue weighted by atomic mass is 10.3. The Labute approximate surface area is 151 Å². The zero-order valence-electron chi connectivity index (χ0n) is 13.8. The molecule has 0 aliphatic carbocycles. The molecule has 0 radical (unpaired) electrons. The number of aryl methyl sites for hydroxylation is 1. The Kier molecular flexibility index (Phi) is 4.66. The standard InChI is InChI=1S/C16H18ClN3O4S/c1-19-6-3-7-20-10-12(9-14(20)16(19)21)25(22,23)18-13-8-11(17)4-5-15(13)24-2/h4-5,8-10,18H,3,6-7H2,1-2H3. The minimum atomic E-state index is -3.89. The number of hydrogen-bond donors (Lipinski definition) is 1. The fourth-order valence-corrected chi connectivity index (χ4v) is 4.01. The second kappa shape index (κ2) is 6.61. The van der Waals surface area contributed by atoms with Gasteiger partial charge in [0.05, 0.1) is 12.8 Å². The van der Waals surface area contributed by atoms with Gasteiger partial charge in [0, 0.05) is 31.4 Å². The molecule has 1 aliphatic rings. The maximum absolute atomic E-state index is 12.7. The highest BCUT2D eigenvalue weighted by molar-refractivity contribution is 7.92. The lowest BCUT2D eigenvalue weighted by Gasteiger charge is -2.12. The largest absolute Gasteiger partial charge is 0.495 e. The van der Waals surface area contributed by atoms with Gasteiger partial charge in [0.15, 0.2) is 0 Å². The molecule has 0 bridgehead atoms. The van der Waals surface area contributed by atoms with Gasteiger partial charge in [0.25, 0.3) is 15.9 Å². The number of sulfonamides is 1. The van der Waals surface area contributed by atoms with E-state index in [0.717, 1.165) is 6.42 Å². The van der Waals surface area contributed by atoms with Gasteiger partial charge in [0.1, 0.15) is 16.3 Å². The second-order valence-electron chi connectivity index (χ2n) is 5.78. The number of hydrogen-bond acceptors (Lipinski definition) is 4. The molecule has 0 saturated heterocycles. The summed E-state index contributed by atoms with van der Waals surface area (Å²) < 4.78 is 34.8. The van der Waals surface area contributed by atoms with Gasteiger partial charge in [0.2, 0.25) is 0 Å². The van der Waals surface area contributed by atoms with Crippen LogP contribution in [0.15, 0.2) is 35.4 Å². The Morgan fingerprint density at radius 2 is 2.00 bits per heavy atom. The fourth-order valence-electron chi connectivity index (χ4n) is 2.73. The molecule has 1 aliphatic heterocycles. The van der Waals surface area contributed by atoms with E-state index in [-0.39, 0.29) is 16.5 Å². The predicted molar refractivity (Wildman–Crippen MR) is 94.8 cm³/mol. The summed E-state index contributed by atoms with van der Waals surface area (Å²) >= 11 is 5.94. The molecule has 1 N–H and O–H groups in total. The van der Waals surface area contributed by atoms with Crippen molar-refractivity contribution >= 4 is 33.2 Å². The van der Waals surface area contributed by atoms with Gasteiger partial charge in [-0.05, 0) is 30.7 Å². The minimum absolute atomic E-state index is 0.0215. The molecule has 1 aromatic carbocycles. The average Bonchev–Trinajstić information content (AvgIpc) is 2.94. The lowest BCUT2D eigenvalue weighted by molar-refractivity contribution is 0.0796. The summed E-state index contributed by atoms with van der Waals surface area (Å²) in [6.07, 6.45) is 2.24. The highest BCUT2D eigenvalue weighted by atomic mass is 35.5. The fraction of sp³-hybridized carbons (Fsp3) is 0.312. The van der Waals surface area contributed by atoms with Crippen molar-refractivity contribution < 1.29 is 17.9 Å². The summed E-state index contributed by atoms with van der Waals surface area (Å²) in [4.78, 5) is 13.9. The highest BCUT2D eigenvalue weighted by Crippen LogP contribution is 2.30. The first-order chi connectivity index (χ1) is 11.8. The van der Waals surface area contributed by atoms with E-state index >= 15 is 0 Å². The van der Waals surface area contributed by atoms with Crippen LogP contribution in [0.25, 0.3) is 0 Å². The normalized spacial score (nSPS) is 14.8. The van der Waals surface area contributed by atoms with Crippen molar-refractivity contribution in [3.63, 3.8) is 0 Å². The van der Waals surface area contributed by atoms with Crippen LogP contribution in [0.4, 0.5) is 5.69 Å². The van der Waals surface area contributed by atoms with Gasteiger partial charge in [-0.2, -0.15) is 0 Å². The van der Waals surface area contributed by atoms with Crippen LogP contribution in [0.2, 0.25) is 5.02 Å². The van der Waals surface area contributed by atoms with E-state index in [2.05, 4.69) is 4.72 Å². The number of halogens is 1. The third kappa shape index (κ3) is 3.45. The maximum atomic E-state index is 12.7. The third-order valence-electron chi connectivity index (χ3n) is 4.05. The predicted octanol–water partition coefficient (Wildman–Crippen LogP) is 2.43. The molecule has 9 heteroatoms. The van der Waals surface area contributed by atoms with Crippen LogP contribution < -0.4 is 9.46 Å². The van der Waals surface area contributed by atoms with E-state index in [1.54, 1.807) is 28.6 Å². The number of benzene rings is 1. The van der Waals surface area contributed by atoms with Gasteiger partial charge in [-0.15, -0.1) is 0 Å². The monoisotopic (exact) mass is 383 g/mol. The van der Waals surface area contributed by atoms with Gasteiger partial charge in [-0.1, -0.05) is 11.6 Å². The van der Waals surface area contributed by atoms with Gasteiger partial charge in [-0.25, -0.2) is 8.42 Å². The molecule has 134 valence electrons. The Morgan fingerprint density at radius 1 is 1.24 bits per heavy atom. The van der Waals surface area contributed by atoms with Crippen LogP contribution in [0.5, 0.6) is 5.75 Å². The molecule has 2 heterocycles. The Hall–Kier alpha value is -2.19. The zero-order chi connectivity index (χ0) is 18.2. The van der Waals surface area contributed by atoms with Crippen LogP contribution in [0.3, 0.4) is 0 Å². The number of nitrogens with zero attached hydrogens (tertiary/aromatic N) is 2. The Balaban J connectivity index is 1.97. The van der Waals surface area contributed by atoms with Crippen molar-refractivity contribution in [1.29, 1.82) is 0 Å². The van der Waals surface area contributed by atoms with Crippen molar-refractivity contribution in [2.45, 2.75) is 17.9 Å². The van der Waals surface area contributed by atoms with Crippen LogP contribution in [-0.4, -0.2) is 44.5 Å². The number of aromatic nitrogens is 1. The first kappa shape index (κ1) is 17.6. The molecule has 0 saturated carbocycles. The van der Waals surface area contributed by atoms with E-state index in [1.807, 2.05) is 0 Å². The topological polar surface area (TPSA) is 80.6 Å². The van der Waals surface area contributed by atoms with Crippen molar-refractivity contribution in [2.24, 2.45) is 0 Å². The number of methoxy groups -OCH3 is 1. The number of anilines is 1. The lowest BCUT2D eigenvalue weighted by Crippen LogP contribution is -2.26. The molecule has 3 rings (SSSR count). The number of carbonyl (C=O) groups excluding carboxylic acids is 1. The van der Waals surface area contributed by atoms with E-state index in [9.17, 15) is 13.2 Å². The molecular weight excluding hydrogens is 366 g/mol. The summed E-state index contributed by atoms with van der Waals surface area (Å²) in [5.74, 6) is 0.156. The molecule has 1 amide bonds. The van der Waals surface area contributed by atoms with Crippen molar-refractivity contribution in [3.05, 3.63) is 41.2 Å². The molecule has 0 unspecified atom stereocenters. The number of ether oxygens (including phenoxy) is 1. The number of amides is 1. The van der Waals surface area contributed by atoms with E-state index < -0.39 is 10.0 Å². The van der Waals surface area contributed by atoms with E-state index in [0.29, 0.717) is 29.6 Å². The summed E-state index contributed by atoms with van der Waals surface area (Å²) in [7, 11) is -0.747. The van der Waals surface area contributed by atoms with Crippen molar-refractivity contribution in [2.75, 3.05) is 25.4 Å². The number of fused-ring (bicyclic) bond motifs is 1. The van der Waals surface area contributed by atoms with Gasteiger partial charge < -0.3 is 14.2 Å². The molecule has 7 nitrogen and oxygen atoms in total. The quantitative estimate of drug-likeness (QED) is 0.879. The molecule has 0 fully saturated rings. The number of carbonyl (C=O) groups is 1. The summed E-state index contributed by atoms with van der Waals surface area (Å²) in [6.45, 7) is 1.22. The van der Waals surface area contributed by atoms with Gasteiger partial charge in [-0.3, -0.25) is 9.52 Å². The minimum Gasteiger partial charge on any atom is -0.495 e. The Bertz CT molecular complexity index is 923. The van der Waals surface area contributed by atoms with Crippen LogP contribution in [0, 0.1) is 0 Å². The number of nitrogens with one attached hydrogen (secondary N) is 1. The molecule has 1 aromatic heterocycles. The van der Waals surface area contributed by atoms with Gasteiger partial charge >= 0.3 is 0 Å². The molecule has 0 spiro atoms. The maximum Gasteiger partial charge on any atom is 0.270 e. The van der Waals surface area contributed by atoms with Crippen LogP contribution in [0.1, 0.15) is 16.9 Å². The molecule has 0 atom stereocenters. The van der Waals surface area contributed by atoms with E-state index in [1.165, 1.54) is 25.4 Å². The summed E-state index contributed by atoms with van der Waals surface area (Å²) in [5, 5.41) is 0.378. The van der Waals surface area contributed by atoms with Crippen molar-refractivity contribution in [3.8, 4) is 5.75 Å². The molecule has 25 heavy (non-hydrogen) atoms. The van der Waals surface area contributed by atoms with Crippen LogP contribution >= 0.6 is 11.6 Å². The van der Waals surface area contributed by atoms with E-state index in [4.69, 9.17) is 16.3 Å². The third-order valence-corrected chi connectivity index (χ3v) is 5.61. The number of rotatable bonds is 4. The smallest absolute Gasteiger partial charge is 0.270 e. The molecule has 2 aromatic rings. The summed E-state index contributed by atoms with van der Waals surface area (Å²) in [6, 6.07) is 6.04. The zero-order valence-corrected chi connectivity index (χ0v) is 15.4. The SMILES string of the molecule is COc1ccc(Cl)cc1NS(=O)(=O)c1cc2n(c1)CCCN(C)C2=O. The van der Waals surface area contributed by atoms with Crippen LogP contribution in [-0.2, 0) is 16.6 Å². The van der Waals surface area contributed by atoms with Crippen molar-refractivity contribution in [1.82, 2.24) is 9.47 Å².